The summed E-state index contributed by atoms with van der Waals surface area (Å²) in [5.41, 5.74) is 0. The average Bonchev–Trinajstić information content (AvgIpc) is 2.66. The van der Waals surface area contributed by atoms with E-state index in [4.69, 9.17) is 0 Å². The molecule has 1 saturated heterocycles. The van der Waals surface area contributed by atoms with Gasteiger partial charge in [-0.3, -0.25) is 0 Å². The van der Waals surface area contributed by atoms with Crippen molar-refractivity contribution in [3.8, 4) is 0 Å². The Labute approximate surface area is 94.8 Å². The van der Waals surface area contributed by atoms with E-state index in [9.17, 15) is 0 Å². The number of aryl methyl sites for hydroxylation is 1. The molecule has 0 radical (unpaired) electrons. The summed E-state index contributed by atoms with van der Waals surface area (Å²) in [4.78, 5) is 0. The Kier molecular flexibility index (Phi) is 4.02. The Bertz CT molecular complexity index is 293. The van der Waals surface area contributed by atoms with Crippen LogP contribution in [0.15, 0.2) is 6.33 Å². The number of aromatic nitrogens is 3. The van der Waals surface area contributed by atoms with Gasteiger partial charge in [-0.25, -0.2) is 0 Å². The van der Waals surface area contributed by atoms with Gasteiger partial charge in [-0.2, -0.15) is 11.8 Å². The molecule has 2 rings (SSSR count). The second kappa shape index (κ2) is 5.51. The lowest BCUT2D eigenvalue weighted by Crippen LogP contribution is -2.35. The number of nitrogens with one attached hydrogen (secondary N) is 1. The van der Waals surface area contributed by atoms with E-state index in [1.807, 2.05) is 11.6 Å². The Hall–Kier alpha value is -0.550. The molecule has 1 N–H and O–H groups in total. The molecule has 4 nitrogen and oxygen atoms in total. The van der Waals surface area contributed by atoms with Crippen LogP contribution in [0, 0.1) is 0 Å². The van der Waals surface area contributed by atoms with E-state index in [1.54, 1.807) is 6.33 Å². The predicted octanol–water partition coefficient (Wildman–Crippen LogP) is 0.843. The van der Waals surface area contributed by atoms with Gasteiger partial charge in [0, 0.05) is 31.8 Å². The highest BCUT2D eigenvalue weighted by atomic mass is 32.2. The van der Waals surface area contributed by atoms with Crippen LogP contribution in [0.5, 0.6) is 0 Å². The fourth-order valence-electron chi connectivity index (χ4n) is 1.82. The molecule has 0 amide bonds. The normalized spacial score (nSPS) is 21.8. The molecule has 0 saturated carbocycles. The zero-order valence-corrected chi connectivity index (χ0v) is 9.96. The van der Waals surface area contributed by atoms with Crippen molar-refractivity contribution in [2.45, 2.75) is 25.3 Å². The van der Waals surface area contributed by atoms with Gasteiger partial charge in [0.1, 0.15) is 12.2 Å². The standard InChI is InChI=1S/C10H18N4S/c1-14-8-12-13-10(14)4-5-11-9-3-2-6-15-7-9/h8-9,11H,2-7H2,1H3. The molecular formula is C10H18N4S. The van der Waals surface area contributed by atoms with E-state index < -0.39 is 0 Å². The van der Waals surface area contributed by atoms with Crippen LogP contribution in [0.3, 0.4) is 0 Å². The van der Waals surface area contributed by atoms with Crippen molar-refractivity contribution >= 4 is 11.8 Å². The quantitative estimate of drug-likeness (QED) is 0.826. The molecular weight excluding hydrogens is 208 g/mol. The number of thioether (sulfide) groups is 1. The van der Waals surface area contributed by atoms with Gasteiger partial charge in [0.2, 0.25) is 0 Å². The summed E-state index contributed by atoms with van der Waals surface area (Å²) in [7, 11) is 1.99. The first-order valence-corrected chi connectivity index (χ1v) is 6.66. The maximum absolute atomic E-state index is 4.07. The van der Waals surface area contributed by atoms with Gasteiger partial charge in [-0.1, -0.05) is 0 Å². The molecule has 2 heterocycles. The Balaban J connectivity index is 1.68. The number of rotatable bonds is 4. The molecule has 0 aromatic carbocycles. The first-order chi connectivity index (χ1) is 7.36. The van der Waals surface area contributed by atoms with Crippen molar-refractivity contribution in [2.24, 2.45) is 7.05 Å². The summed E-state index contributed by atoms with van der Waals surface area (Å²) in [6.45, 7) is 1.01. The summed E-state index contributed by atoms with van der Waals surface area (Å²) < 4.78 is 1.98. The summed E-state index contributed by atoms with van der Waals surface area (Å²) in [6.07, 6.45) is 5.40. The van der Waals surface area contributed by atoms with Crippen molar-refractivity contribution in [1.29, 1.82) is 0 Å². The van der Waals surface area contributed by atoms with Gasteiger partial charge >= 0.3 is 0 Å². The first kappa shape index (κ1) is 11.0. The average molecular weight is 226 g/mol. The third kappa shape index (κ3) is 3.21. The second-order valence-electron chi connectivity index (χ2n) is 3.98. The van der Waals surface area contributed by atoms with Crippen molar-refractivity contribution in [2.75, 3.05) is 18.1 Å². The first-order valence-electron chi connectivity index (χ1n) is 5.50. The maximum Gasteiger partial charge on any atom is 0.133 e. The number of hydrogen-bond acceptors (Lipinski definition) is 4. The van der Waals surface area contributed by atoms with Crippen LogP contribution in [-0.4, -0.2) is 38.9 Å². The summed E-state index contributed by atoms with van der Waals surface area (Å²) >= 11 is 2.06. The lowest BCUT2D eigenvalue weighted by atomic mass is 10.2. The number of hydrogen-bond donors (Lipinski definition) is 1. The SMILES string of the molecule is Cn1cnnc1CCNC1CCCSC1. The van der Waals surface area contributed by atoms with E-state index in [0.29, 0.717) is 6.04 Å². The molecule has 1 aliphatic heterocycles. The minimum absolute atomic E-state index is 0.706. The number of nitrogens with zero attached hydrogens (tertiary/aromatic N) is 3. The summed E-state index contributed by atoms with van der Waals surface area (Å²) in [5, 5.41) is 11.5. The van der Waals surface area contributed by atoms with Crippen LogP contribution in [-0.2, 0) is 13.5 Å². The van der Waals surface area contributed by atoms with E-state index in [0.717, 1.165) is 18.8 Å². The Morgan fingerprint density at radius 2 is 2.60 bits per heavy atom. The van der Waals surface area contributed by atoms with Gasteiger partial charge in [0.05, 0.1) is 0 Å². The third-order valence-electron chi connectivity index (χ3n) is 2.75. The summed E-state index contributed by atoms with van der Waals surface area (Å²) in [6, 6.07) is 0.706. The molecule has 15 heavy (non-hydrogen) atoms. The minimum atomic E-state index is 0.706. The third-order valence-corrected chi connectivity index (χ3v) is 3.96. The molecule has 0 spiro atoms. The fourth-order valence-corrected chi connectivity index (χ4v) is 2.93. The molecule has 0 bridgehead atoms. The molecule has 1 fully saturated rings. The lowest BCUT2D eigenvalue weighted by molar-refractivity contribution is 0.505. The lowest BCUT2D eigenvalue weighted by Gasteiger charge is -2.22. The predicted molar refractivity (Wildman–Crippen MR) is 63.1 cm³/mol. The molecule has 1 aromatic heterocycles. The zero-order valence-electron chi connectivity index (χ0n) is 9.15. The minimum Gasteiger partial charge on any atom is -0.321 e. The zero-order chi connectivity index (χ0) is 10.5. The second-order valence-corrected chi connectivity index (χ2v) is 5.13. The molecule has 1 unspecified atom stereocenters. The highest BCUT2D eigenvalue weighted by molar-refractivity contribution is 7.99. The van der Waals surface area contributed by atoms with E-state index in [1.165, 1.54) is 24.3 Å². The Morgan fingerprint density at radius 1 is 1.67 bits per heavy atom. The monoisotopic (exact) mass is 226 g/mol. The molecule has 1 aliphatic rings. The summed E-state index contributed by atoms with van der Waals surface area (Å²) in [5.74, 6) is 3.66. The molecule has 5 heteroatoms. The van der Waals surface area contributed by atoms with E-state index >= 15 is 0 Å². The smallest absolute Gasteiger partial charge is 0.133 e. The van der Waals surface area contributed by atoms with Crippen LogP contribution in [0.2, 0.25) is 0 Å². The van der Waals surface area contributed by atoms with Crippen molar-refractivity contribution in [3.63, 3.8) is 0 Å². The van der Waals surface area contributed by atoms with Crippen LogP contribution >= 0.6 is 11.8 Å². The Morgan fingerprint density at radius 3 is 3.27 bits per heavy atom. The molecule has 84 valence electrons. The van der Waals surface area contributed by atoms with E-state index in [-0.39, 0.29) is 0 Å². The highest BCUT2D eigenvalue weighted by Crippen LogP contribution is 2.16. The van der Waals surface area contributed by atoms with Crippen molar-refractivity contribution in [1.82, 2.24) is 20.1 Å². The van der Waals surface area contributed by atoms with Crippen LogP contribution in [0.4, 0.5) is 0 Å². The van der Waals surface area contributed by atoms with Crippen LogP contribution in [0.1, 0.15) is 18.7 Å². The van der Waals surface area contributed by atoms with Gasteiger partial charge in [0.15, 0.2) is 0 Å². The van der Waals surface area contributed by atoms with Crippen LogP contribution < -0.4 is 5.32 Å². The van der Waals surface area contributed by atoms with Gasteiger partial charge in [-0.05, 0) is 18.6 Å². The fraction of sp³-hybridized carbons (Fsp3) is 0.800. The highest BCUT2D eigenvalue weighted by Gasteiger charge is 2.12. The van der Waals surface area contributed by atoms with Crippen molar-refractivity contribution in [3.05, 3.63) is 12.2 Å². The van der Waals surface area contributed by atoms with Gasteiger partial charge in [-0.15, -0.1) is 10.2 Å². The van der Waals surface area contributed by atoms with Crippen molar-refractivity contribution < 1.29 is 0 Å². The molecule has 1 aromatic rings. The van der Waals surface area contributed by atoms with Gasteiger partial charge in [0.25, 0.3) is 0 Å². The largest absolute Gasteiger partial charge is 0.321 e. The maximum atomic E-state index is 4.07. The van der Waals surface area contributed by atoms with E-state index in [2.05, 4.69) is 27.3 Å². The molecule has 0 aliphatic carbocycles. The topological polar surface area (TPSA) is 42.7 Å². The van der Waals surface area contributed by atoms with Gasteiger partial charge < -0.3 is 9.88 Å². The van der Waals surface area contributed by atoms with Crippen LogP contribution in [0.25, 0.3) is 0 Å². The molecule has 1 atom stereocenters.